The van der Waals surface area contributed by atoms with Gasteiger partial charge in [0.05, 0.1) is 5.41 Å². The number of benzene rings is 8. The van der Waals surface area contributed by atoms with E-state index in [4.69, 9.17) is 0 Å². The van der Waals surface area contributed by atoms with Gasteiger partial charge in [-0.2, -0.15) is 0 Å². The SMILES string of the molecule is CCc1ccc(-c2ccc3c(c2)C(c2ccc4cc(O)ccc4c2)(c2ccc4cc(O)ccc4c2)c2cc(-c4ccc(CC)cc4)ccc2-3)cc1. The zero-order chi connectivity index (χ0) is 34.7. The van der Waals surface area contributed by atoms with E-state index in [1.165, 1.54) is 55.6 Å². The van der Waals surface area contributed by atoms with Crippen LogP contribution in [0.1, 0.15) is 47.2 Å². The summed E-state index contributed by atoms with van der Waals surface area (Å²) < 4.78 is 0. The minimum absolute atomic E-state index is 0.261. The van der Waals surface area contributed by atoms with Crippen LogP contribution in [0, 0.1) is 0 Å². The average molecular weight is 659 g/mol. The molecular formula is C49H38O2. The molecule has 0 aliphatic heterocycles. The molecule has 0 aromatic heterocycles. The molecule has 1 aliphatic carbocycles. The van der Waals surface area contributed by atoms with Crippen molar-refractivity contribution >= 4 is 21.5 Å². The van der Waals surface area contributed by atoms with Crippen molar-refractivity contribution in [3.05, 3.63) is 191 Å². The Hall–Kier alpha value is -6.12. The molecule has 0 atom stereocenters. The minimum Gasteiger partial charge on any atom is -0.508 e. The predicted molar refractivity (Wildman–Crippen MR) is 212 cm³/mol. The number of rotatable bonds is 6. The summed E-state index contributed by atoms with van der Waals surface area (Å²) >= 11 is 0. The van der Waals surface area contributed by atoms with Gasteiger partial charge in [0.15, 0.2) is 0 Å². The molecule has 2 N–H and O–H groups in total. The molecule has 8 aromatic rings. The maximum atomic E-state index is 10.3. The van der Waals surface area contributed by atoms with Gasteiger partial charge in [-0.15, -0.1) is 0 Å². The van der Waals surface area contributed by atoms with Gasteiger partial charge in [0, 0.05) is 0 Å². The van der Waals surface area contributed by atoms with Crippen LogP contribution in [0.15, 0.2) is 158 Å². The van der Waals surface area contributed by atoms with Crippen molar-refractivity contribution in [2.24, 2.45) is 0 Å². The van der Waals surface area contributed by atoms with E-state index in [1.54, 1.807) is 12.1 Å². The summed E-state index contributed by atoms with van der Waals surface area (Å²) in [6.07, 6.45) is 2.01. The number of hydrogen-bond acceptors (Lipinski definition) is 2. The van der Waals surface area contributed by atoms with Crippen LogP contribution in [0.2, 0.25) is 0 Å². The molecule has 0 fully saturated rings. The topological polar surface area (TPSA) is 40.5 Å². The van der Waals surface area contributed by atoms with Crippen LogP contribution in [0.25, 0.3) is 54.9 Å². The Balaban J connectivity index is 1.38. The maximum Gasteiger partial charge on any atom is 0.116 e. The van der Waals surface area contributed by atoms with E-state index < -0.39 is 5.41 Å². The number of hydrogen-bond donors (Lipinski definition) is 2. The fraction of sp³-hybridized carbons (Fsp3) is 0.102. The zero-order valence-corrected chi connectivity index (χ0v) is 28.8. The Morgan fingerprint density at radius 3 is 1.16 bits per heavy atom. The summed E-state index contributed by atoms with van der Waals surface area (Å²) in [7, 11) is 0. The summed E-state index contributed by atoms with van der Waals surface area (Å²) in [5, 5.41) is 24.8. The first-order chi connectivity index (χ1) is 24.9. The van der Waals surface area contributed by atoms with Crippen molar-refractivity contribution in [3.63, 3.8) is 0 Å². The van der Waals surface area contributed by atoms with Crippen molar-refractivity contribution in [2.75, 3.05) is 0 Å². The van der Waals surface area contributed by atoms with Gasteiger partial charge in [0.2, 0.25) is 0 Å². The van der Waals surface area contributed by atoms with Gasteiger partial charge >= 0.3 is 0 Å². The number of aryl methyl sites for hydroxylation is 2. The van der Waals surface area contributed by atoms with E-state index in [-0.39, 0.29) is 11.5 Å². The number of phenolic OH excluding ortho intramolecular Hbond substituents is 2. The summed E-state index contributed by atoms with van der Waals surface area (Å²) in [4.78, 5) is 0. The lowest BCUT2D eigenvalue weighted by Crippen LogP contribution is -2.28. The molecule has 1 aliphatic rings. The first-order valence-corrected chi connectivity index (χ1v) is 17.9. The van der Waals surface area contributed by atoms with Gasteiger partial charge in [-0.1, -0.05) is 123 Å². The average Bonchev–Trinajstić information content (AvgIpc) is 3.47. The smallest absolute Gasteiger partial charge is 0.116 e. The van der Waals surface area contributed by atoms with E-state index in [0.29, 0.717) is 0 Å². The van der Waals surface area contributed by atoms with Crippen molar-refractivity contribution in [1.82, 2.24) is 0 Å². The quantitative estimate of drug-likeness (QED) is 0.187. The lowest BCUT2D eigenvalue weighted by Gasteiger charge is -2.35. The standard InChI is InChI=1S/C49H38O2/c1-3-31-5-9-33(10-6-31)39-17-23-45-46-24-18-40(34-11-7-32(4-2)8-12-34)30-48(46)49(47(45)29-39,41-19-13-37-27-43(50)21-15-35(37)25-41)42-20-14-38-28-44(51)22-16-36(38)26-42/h5-30,50-51H,3-4H2,1-2H3. The van der Waals surface area contributed by atoms with Crippen molar-refractivity contribution in [2.45, 2.75) is 32.1 Å². The fourth-order valence-corrected chi connectivity index (χ4v) is 8.27. The highest BCUT2D eigenvalue weighted by molar-refractivity contribution is 5.94. The second-order valence-corrected chi connectivity index (χ2v) is 13.9. The van der Waals surface area contributed by atoms with Crippen LogP contribution in [-0.4, -0.2) is 10.2 Å². The van der Waals surface area contributed by atoms with E-state index >= 15 is 0 Å². The summed E-state index contributed by atoms with van der Waals surface area (Å²) in [6.45, 7) is 4.39. The Morgan fingerprint density at radius 1 is 0.373 bits per heavy atom. The Kier molecular flexibility index (Phi) is 7.29. The van der Waals surface area contributed by atoms with Gasteiger partial charge in [0.25, 0.3) is 0 Å². The second-order valence-electron chi connectivity index (χ2n) is 13.9. The molecule has 246 valence electrons. The molecule has 9 rings (SSSR count). The number of phenols is 2. The molecule has 0 saturated heterocycles. The van der Waals surface area contributed by atoms with Crippen LogP contribution >= 0.6 is 0 Å². The second kappa shape index (κ2) is 12.0. The van der Waals surface area contributed by atoms with Crippen LogP contribution in [0.3, 0.4) is 0 Å². The Morgan fingerprint density at radius 2 is 0.745 bits per heavy atom. The van der Waals surface area contributed by atoms with Gasteiger partial charge < -0.3 is 10.2 Å². The summed E-state index contributed by atoms with van der Waals surface area (Å²) in [5.74, 6) is 0.522. The molecule has 0 heterocycles. The number of aromatic hydroxyl groups is 2. The lowest BCUT2D eigenvalue weighted by atomic mass is 9.66. The third-order valence-electron chi connectivity index (χ3n) is 11.0. The number of fused-ring (bicyclic) bond motifs is 5. The Labute approximate surface area is 298 Å². The minimum atomic E-state index is -0.665. The zero-order valence-electron chi connectivity index (χ0n) is 28.8. The molecule has 2 nitrogen and oxygen atoms in total. The first-order valence-electron chi connectivity index (χ1n) is 17.9. The summed E-state index contributed by atoms with van der Waals surface area (Å²) in [5.41, 5.74) is 14.0. The molecule has 2 heteroatoms. The molecule has 0 bridgehead atoms. The van der Waals surface area contributed by atoms with Crippen LogP contribution in [0.5, 0.6) is 11.5 Å². The molecule has 0 amide bonds. The van der Waals surface area contributed by atoms with Gasteiger partial charge in [0.1, 0.15) is 11.5 Å². The highest BCUT2D eigenvalue weighted by Crippen LogP contribution is 2.58. The fourth-order valence-electron chi connectivity index (χ4n) is 8.27. The van der Waals surface area contributed by atoms with Gasteiger partial charge in [-0.05, 0) is 150 Å². The van der Waals surface area contributed by atoms with Crippen LogP contribution in [0.4, 0.5) is 0 Å². The van der Waals surface area contributed by atoms with Crippen LogP contribution < -0.4 is 0 Å². The molecular weight excluding hydrogens is 621 g/mol. The van der Waals surface area contributed by atoms with Gasteiger partial charge in [-0.25, -0.2) is 0 Å². The van der Waals surface area contributed by atoms with E-state index in [2.05, 4.69) is 135 Å². The largest absolute Gasteiger partial charge is 0.508 e. The highest BCUT2D eigenvalue weighted by Gasteiger charge is 2.46. The monoisotopic (exact) mass is 658 g/mol. The van der Waals surface area contributed by atoms with Crippen molar-refractivity contribution in [3.8, 4) is 44.9 Å². The molecule has 0 radical (unpaired) electrons. The molecule has 8 aromatic carbocycles. The van der Waals surface area contributed by atoms with Crippen molar-refractivity contribution < 1.29 is 10.2 Å². The third-order valence-corrected chi connectivity index (χ3v) is 11.0. The predicted octanol–water partition coefficient (Wildman–Crippen LogP) is 12.2. The van der Waals surface area contributed by atoms with E-state index in [0.717, 1.165) is 45.5 Å². The lowest BCUT2D eigenvalue weighted by molar-refractivity contribution is 0.475. The van der Waals surface area contributed by atoms with Gasteiger partial charge in [-0.3, -0.25) is 0 Å². The first kappa shape index (κ1) is 30.9. The normalized spacial score (nSPS) is 13.0. The van der Waals surface area contributed by atoms with Crippen molar-refractivity contribution in [1.29, 1.82) is 0 Å². The highest BCUT2D eigenvalue weighted by atomic mass is 16.3. The van der Waals surface area contributed by atoms with E-state index in [9.17, 15) is 10.2 Å². The molecule has 0 unspecified atom stereocenters. The van der Waals surface area contributed by atoms with E-state index in [1.807, 2.05) is 24.3 Å². The molecule has 0 saturated carbocycles. The summed E-state index contributed by atoms with van der Waals surface area (Å²) in [6, 6.07) is 56.5. The third kappa shape index (κ3) is 5.02. The Bertz CT molecular complexity index is 2430. The van der Waals surface area contributed by atoms with Crippen LogP contribution in [-0.2, 0) is 18.3 Å². The molecule has 51 heavy (non-hydrogen) atoms. The maximum absolute atomic E-state index is 10.3. The molecule has 0 spiro atoms.